The molecule has 1 saturated heterocycles. The molecule has 0 unspecified atom stereocenters. The number of benzene rings is 1. The maximum atomic E-state index is 12.1. The fraction of sp³-hybridized carbons (Fsp3) is 0.632. The zero-order valence-electron chi connectivity index (χ0n) is 15.2. The van der Waals surface area contributed by atoms with E-state index in [0.29, 0.717) is 13.2 Å². The van der Waals surface area contributed by atoms with Gasteiger partial charge < -0.3 is 20.3 Å². The van der Waals surface area contributed by atoms with Crippen LogP contribution in [0, 0.1) is 5.92 Å². The van der Waals surface area contributed by atoms with Gasteiger partial charge in [-0.15, -0.1) is 0 Å². The van der Waals surface area contributed by atoms with Gasteiger partial charge in [0, 0.05) is 32.8 Å². The molecule has 134 valence electrons. The van der Waals surface area contributed by atoms with Crippen LogP contribution in [-0.4, -0.2) is 43.7 Å². The van der Waals surface area contributed by atoms with E-state index in [4.69, 9.17) is 4.74 Å². The Kier molecular flexibility index (Phi) is 7.53. The Hall–Kier alpha value is -1.59. The first kappa shape index (κ1) is 18.7. The number of rotatable bonds is 7. The zero-order valence-corrected chi connectivity index (χ0v) is 15.2. The Morgan fingerprint density at radius 3 is 2.96 bits per heavy atom. The fourth-order valence-electron chi connectivity index (χ4n) is 3.34. The third kappa shape index (κ3) is 6.49. The monoisotopic (exact) mass is 333 g/mol. The van der Waals surface area contributed by atoms with E-state index in [0.717, 1.165) is 36.7 Å². The molecular formula is C19H31N3O2. The predicted molar refractivity (Wildman–Crippen MR) is 96.8 cm³/mol. The van der Waals surface area contributed by atoms with E-state index in [2.05, 4.69) is 35.4 Å². The number of likely N-dealkylation sites (tertiary alicyclic amines) is 1. The summed E-state index contributed by atoms with van der Waals surface area (Å²) in [5.74, 6) is 0.763. The number of nitrogens with one attached hydrogen (secondary N) is 2. The largest absolute Gasteiger partial charge is 0.380 e. The van der Waals surface area contributed by atoms with Crippen LogP contribution in [0.3, 0.4) is 0 Å². The Bertz CT molecular complexity index is 521. The van der Waals surface area contributed by atoms with E-state index < -0.39 is 0 Å². The van der Waals surface area contributed by atoms with E-state index in [-0.39, 0.29) is 12.1 Å². The van der Waals surface area contributed by atoms with Crippen LogP contribution in [0.15, 0.2) is 24.3 Å². The Morgan fingerprint density at radius 1 is 1.42 bits per heavy atom. The van der Waals surface area contributed by atoms with Crippen molar-refractivity contribution in [2.45, 2.75) is 45.9 Å². The number of ether oxygens (including phenoxy) is 1. The van der Waals surface area contributed by atoms with Crippen LogP contribution in [0.1, 0.15) is 37.8 Å². The van der Waals surface area contributed by atoms with Crippen molar-refractivity contribution in [1.82, 2.24) is 15.5 Å². The van der Waals surface area contributed by atoms with E-state index in [1.54, 1.807) is 7.11 Å². The average Bonchev–Trinajstić information content (AvgIpc) is 2.53. The molecule has 1 aliphatic rings. The number of methoxy groups -OCH3 is 1. The van der Waals surface area contributed by atoms with E-state index in [9.17, 15) is 4.79 Å². The minimum atomic E-state index is -0.107. The lowest BCUT2D eigenvalue weighted by Gasteiger charge is -2.32. The molecule has 0 aromatic heterocycles. The van der Waals surface area contributed by atoms with Crippen molar-refractivity contribution in [3.8, 4) is 0 Å². The summed E-state index contributed by atoms with van der Waals surface area (Å²) >= 11 is 0. The van der Waals surface area contributed by atoms with Gasteiger partial charge in [0.2, 0.25) is 0 Å². The topological polar surface area (TPSA) is 53.6 Å². The minimum Gasteiger partial charge on any atom is -0.380 e. The van der Waals surface area contributed by atoms with E-state index in [1.165, 1.54) is 12.8 Å². The number of hydrogen-bond donors (Lipinski definition) is 2. The molecule has 5 nitrogen and oxygen atoms in total. The summed E-state index contributed by atoms with van der Waals surface area (Å²) in [7, 11) is 1.68. The summed E-state index contributed by atoms with van der Waals surface area (Å²) in [6.07, 6.45) is 2.58. The van der Waals surface area contributed by atoms with Crippen LogP contribution in [-0.2, 0) is 17.9 Å². The normalized spacial score (nSPS) is 19.7. The molecule has 2 amide bonds. The zero-order chi connectivity index (χ0) is 17.4. The first-order chi connectivity index (χ1) is 11.6. The van der Waals surface area contributed by atoms with Gasteiger partial charge in [-0.2, -0.15) is 0 Å². The van der Waals surface area contributed by atoms with Crippen molar-refractivity contribution >= 4 is 6.03 Å². The van der Waals surface area contributed by atoms with Gasteiger partial charge in [-0.1, -0.05) is 31.2 Å². The molecule has 2 rings (SSSR count). The quantitative estimate of drug-likeness (QED) is 0.807. The highest BCUT2D eigenvalue weighted by Crippen LogP contribution is 2.15. The highest BCUT2D eigenvalue weighted by Gasteiger charge is 2.18. The number of carbonyl (C=O) groups is 1. The Morgan fingerprint density at radius 2 is 2.21 bits per heavy atom. The molecule has 1 heterocycles. The lowest BCUT2D eigenvalue weighted by atomic mass is 10.00. The summed E-state index contributed by atoms with van der Waals surface area (Å²) in [5, 5.41) is 5.97. The molecule has 24 heavy (non-hydrogen) atoms. The highest BCUT2D eigenvalue weighted by atomic mass is 16.5. The van der Waals surface area contributed by atoms with Crippen molar-refractivity contribution in [2.75, 3.05) is 26.7 Å². The van der Waals surface area contributed by atoms with Crippen LogP contribution in [0.5, 0.6) is 0 Å². The van der Waals surface area contributed by atoms with Gasteiger partial charge in [0.05, 0.1) is 6.61 Å². The molecule has 2 atom stereocenters. The predicted octanol–water partition coefficient (Wildman–Crippen LogP) is 2.75. The number of nitrogens with zero attached hydrogens (tertiary/aromatic N) is 1. The van der Waals surface area contributed by atoms with E-state index in [1.807, 2.05) is 18.2 Å². The molecule has 0 aliphatic carbocycles. The third-order valence-corrected chi connectivity index (χ3v) is 4.41. The summed E-state index contributed by atoms with van der Waals surface area (Å²) in [6.45, 7) is 8.68. The maximum Gasteiger partial charge on any atom is 0.315 e. The van der Waals surface area contributed by atoms with Gasteiger partial charge in [-0.25, -0.2) is 4.79 Å². The van der Waals surface area contributed by atoms with Gasteiger partial charge in [0.25, 0.3) is 0 Å². The SMILES string of the molecule is COCc1cccc(CNC(=O)N[C@H](C)CN2CCC[C@@H](C)C2)c1. The second-order valence-electron chi connectivity index (χ2n) is 6.99. The minimum absolute atomic E-state index is 0.107. The van der Waals surface area contributed by atoms with Gasteiger partial charge in [0.1, 0.15) is 0 Å². The summed E-state index contributed by atoms with van der Waals surface area (Å²) < 4.78 is 5.14. The Balaban J connectivity index is 1.71. The summed E-state index contributed by atoms with van der Waals surface area (Å²) in [4.78, 5) is 14.5. The van der Waals surface area contributed by atoms with Gasteiger partial charge in [0.15, 0.2) is 0 Å². The number of urea groups is 1. The molecule has 0 bridgehead atoms. The van der Waals surface area contributed by atoms with Crippen LogP contribution >= 0.6 is 0 Å². The summed E-state index contributed by atoms with van der Waals surface area (Å²) in [5.41, 5.74) is 2.20. The van der Waals surface area contributed by atoms with E-state index >= 15 is 0 Å². The second-order valence-corrected chi connectivity index (χ2v) is 6.99. The Labute approximate surface area is 145 Å². The molecule has 1 aromatic carbocycles. The highest BCUT2D eigenvalue weighted by molar-refractivity contribution is 5.74. The third-order valence-electron chi connectivity index (χ3n) is 4.41. The van der Waals surface area contributed by atoms with Crippen molar-refractivity contribution in [1.29, 1.82) is 0 Å². The van der Waals surface area contributed by atoms with Crippen molar-refractivity contribution in [2.24, 2.45) is 5.92 Å². The summed E-state index contributed by atoms with van der Waals surface area (Å²) in [6, 6.07) is 8.12. The number of amides is 2. The van der Waals surface area contributed by atoms with Crippen LogP contribution in [0.2, 0.25) is 0 Å². The van der Waals surface area contributed by atoms with Crippen molar-refractivity contribution in [3.05, 3.63) is 35.4 Å². The molecule has 5 heteroatoms. The lowest BCUT2D eigenvalue weighted by Crippen LogP contribution is -2.47. The first-order valence-corrected chi connectivity index (χ1v) is 8.90. The maximum absolute atomic E-state index is 12.1. The lowest BCUT2D eigenvalue weighted by molar-refractivity contribution is 0.169. The van der Waals surface area contributed by atoms with Gasteiger partial charge in [-0.05, 0) is 43.4 Å². The average molecular weight is 333 g/mol. The molecular weight excluding hydrogens is 302 g/mol. The molecule has 1 aromatic rings. The molecule has 0 radical (unpaired) electrons. The van der Waals surface area contributed by atoms with Crippen LogP contribution in [0.25, 0.3) is 0 Å². The smallest absolute Gasteiger partial charge is 0.315 e. The van der Waals surface area contributed by atoms with Crippen molar-refractivity contribution in [3.63, 3.8) is 0 Å². The number of hydrogen-bond acceptors (Lipinski definition) is 3. The molecule has 1 fully saturated rings. The molecule has 1 aliphatic heterocycles. The number of carbonyl (C=O) groups excluding carboxylic acids is 1. The van der Waals surface area contributed by atoms with Gasteiger partial charge >= 0.3 is 6.03 Å². The van der Waals surface area contributed by atoms with Crippen LogP contribution < -0.4 is 10.6 Å². The number of piperidine rings is 1. The van der Waals surface area contributed by atoms with Crippen molar-refractivity contribution < 1.29 is 9.53 Å². The molecule has 0 saturated carbocycles. The standard InChI is InChI=1S/C19H31N3O2/c1-15-6-5-9-22(12-15)13-16(2)21-19(23)20-11-17-7-4-8-18(10-17)14-24-3/h4,7-8,10,15-16H,5-6,9,11-14H2,1-3H3,(H2,20,21,23)/t15-,16-/m1/s1. The first-order valence-electron chi connectivity index (χ1n) is 8.90. The van der Waals surface area contributed by atoms with Gasteiger partial charge in [-0.3, -0.25) is 0 Å². The molecule has 2 N–H and O–H groups in total. The molecule has 0 spiro atoms. The fourth-order valence-corrected chi connectivity index (χ4v) is 3.34. The second kappa shape index (κ2) is 9.64. The van der Waals surface area contributed by atoms with Crippen LogP contribution in [0.4, 0.5) is 4.79 Å².